The number of hydrogen-bond acceptors (Lipinski definition) is 5. The minimum atomic E-state index is -1.25. The number of aryl methyl sites for hydroxylation is 1. The minimum absolute atomic E-state index is 0.309. The van der Waals surface area contributed by atoms with E-state index in [-0.39, 0.29) is 0 Å². The van der Waals surface area contributed by atoms with E-state index in [4.69, 9.17) is 15.2 Å². The number of allylic oxidation sites excluding steroid dienone is 4. The molecule has 0 amide bonds. The lowest BCUT2D eigenvalue weighted by Gasteiger charge is -2.24. The molecule has 1 aliphatic rings. The fourth-order valence-corrected chi connectivity index (χ4v) is 4.00. The molecule has 34 heavy (non-hydrogen) atoms. The largest absolute Gasteiger partial charge is 0.465 e. The van der Waals surface area contributed by atoms with Crippen LogP contribution in [0.5, 0.6) is 6.01 Å². The molecule has 2 atom stereocenters. The van der Waals surface area contributed by atoms with Gasteiger partial charge in [0, 0.05) is 19.0 Å². The molecule has 1 aromatic carbocycles. The lowest BCUT2D eigenvalue weighted by atomic mass is 9.89. The van der Waals surface area contributed by atoms with Gasteiger partial charge < -0.3 is 15.2 Å². The molecular weight excluding hydrogens is 433 g/mol. The maximum atomic E-state index is 15.4. The zero-order valence-electron chi connectivity index (χ0n) is 20.8. The monoisotopic (exact) mass is 469 g/mol. The van der Waals surface area contributed by atoms with E-state index in [0.29, 0.717) is 42.4 Å². The molecular formula is C27H36FN3O3. The highest BCUT2D eigenvalue weighted by Crippen LogP contribution is 2.32. The maximum Gasteiger partial charge on any atom is 0.339 e. The van der Waals surface area contributed by atoms with Crippen molar-refractivity contribution < 1.29 is 18.7 Å². The van der Waals surface area contributed by atoms with Crippen LogP contribution in [-0.4, -0.2) is 33.9 Å². The predicted molar refractivity (Wildman–Crippen MR) is 132 cm³/mol. The van der Waals surface area contributed by atoms with Crippen molar-refractivity contribution in [3.05, 3.63) is 65.0 Å². The van der Waals surface area contributed by atoms with E-state index >= 15 is 4.39 Å². The van der Waals surface area contributed by atoms with Crippen LogP contribution in [0.25, 0.3) is 5.57 Å². The molecule has 0 aliphatic heterocycles. The molecule has 1 heterocycles. The number of aromatic nitrogens is 2. The summed E-state index contributed by atoms with van der Waals surface area (Å²) in [6.45, 7) is 10.7. The summed E-state index contributed by atoms with van der Waals surface area (Å²) in [5, 5.41) is 0. The molecule has 2 aromatic rings. The Balaban J connectivity index is 1.85. The van der Waals surface area contributed by atoms with E-state index in [1.165, 1.54) is 0 Å². The highest BCUT2D eigenvalue weighted by atomic mass is 19.1. The van der Waals surface area contributed by atoms with Gasteiger partial charge in [-0.3, -0.25) is 4.57 Å². The lowest BCUT2D eigenvalue weighted by molar-refractivity contribution is 0.00691. The number of rotatable bonds is 9. The van der Waals surface area contributed by atoms with Crippen LogP contribution >= 0.6 is 0 Å². The van der Waals surface area contributed by atoms with Gasteiger partial charge >= 0.3 is 5.97 Å². The summed E-state index contributed by atoms with van der Waals surface area (Å²) in [4.78, 5) is 17.3. The van der Waals surface area contributed by atoms with E-state index in [9.17, 15) is 4.79 Å². The first-order valence-electron chi connectivity index (χ1n) is 12.0. The quantitative estimate of drug-likeness (QED) is 0.507. The summed E-state index contributed by atoms with van der Waals surface area (Å²) in [5.41, 5.74) is 8.88. The van der Waals surface area contributed by atoms with Crippen LogP contribution < -0.4 is 10.5 Å². The van der Waals surface area contributed by atoms with Gasteiger partial charge in [0.15, 0.2) is 0 Å². The molecule has 0 radical (unpaired) electrons. The summed E-state index contributed by atoms with van der Waals surface area (Å²) in [7, 11) is 0. The number of alkyl halides is 1. The Morgan fingerprint density at radius 3 is 2.59 bits per heavy atom. The molecule has 2 N–H and O–H groups in total. The van der Waals surface area contributed by atoms with Crippen LogP contribution in [0.1, 0.15) is 68.3 Å². The van der Waals surface area contributed by atoms with Gasteiger partial charge in [0.25, 0.3) is 6.01 Å². The number of halogens is 1. The molecule has 1 aromatic heterocycles. The molecule has 6 nitrogen and oxygen atoms in total. The van der Waals surface area contributed by atoms with Crippen molar-refractivity contribution in [1.82, 2.24) is 9.55 Å². The van der Waals surface area contributed by atoms with Crippen molar-refractivity contribution in [2.45, 2.75) is 72.3 Å². The SMILES string of the molecule is CCCOc1nc(CC)c(CN)n1CC1C=CC(c2ccccc2C(=O)OC(C)(C)C)=CC1F. The smallest absolute Gasteiger partial charge is 0.339 e. The minimum Gasteiger partial charge on any atom is -0.465 e. The van der Waals surface area contributed by atoms with Crippen LogP contribution in [0.2, 0.25) is 0 Å². The van der Waals surface area contributed by atoms with Gasteiger partial charge in [0.1, 0.15) is 11.8 Å². The number of imidazole rings is 1. The Kier molecular flexibility index (Phi) is 8.31. The van der Waals surface area contributed by atoms with Gasteiger partial charge in [-0.15, -0.1) is 0 Å². The number of ether oxygens (including phenoxy) is 2. The van der Waals surface area contributed by atoms with Gasteiger partial charge in [0.2, 0.25) is 0 Å². The fourth-order valence-electron chi connectivity index (χ4n) is 4.00. The van der Waals surface area contributed by atoms with Gasteiger partial charge in [-0.2, -0.15) is 4.98 Å². The summed E-state index contributed by atoms with van der Waals surface area (Å²) in [6.07, 6.45) is 5.62. The zero-order chi connectivity index (χ0) is 24.9. The third-order valence-corrected chi connectivity index (χ3v) is 5.60. The molecule has 0 bridgehead atoms. The highest BCUT2D eigenvalue weighted by molar-refractivity contribution is 5.97. The van der Waals surface area contributed by atoms with Crippen LogP contribution in [0, 0.1) is 5.92 Å². The predicted octanol–water partition coefficient (Wildman–Crippen LogP) is 5.26. The third-order valence-electron chi connectivity index (χ3n) is 5.60. The summed E-state index contributed by atoms with van der Waals surface area (Å²) < 4.78 is 28.7. The number of nitrogens with zero attached hydrogens (tertiary/aromatic N) is 2. The van der Waals surface area contributed by atoms with Crippen LogP contribution in [-0.2, 0) is 24.2 Å². The number of esters is 1. The number of benzene rings is 1. The Hall–Kier alpha value is -2.93. The van der Waals surface area contributed by atoms with Crippen molar-refractivity contribution in [3.8, 4) is 6.01 Å². The second-order valence-corrected chi connectivity index (χ2v) is 9.44. The first-order chi connectivity index (χ1) is 16.2. The van der Waals surface area contributed by atoms with Crippen molar-refractivity contribution in [1.29, 1.82) is 0 Å². The van der Waals surface area contributed by atoms with Gasteiger partial charge in [-0.1, -0.05) is 44.2 Å². The average molecular weight is 470 g/mol. The molecule has 0 fully saturated rings. The number of nitrogens with two attached hydrogens (primary N) is 1. The van der Waals surface area contributed by atoms with Gasteiger partial charge in [-0.25, -0.2) is 9.18 Å². The van der Waals surface area contributed by atoms with Crippen molar-refractivity contribution in [2.24, 2.45) is 11.7 Å². The summed E-state index contributed by atoms with van der Waals surface area (Å²) in [6, 6.07) is 7.63. The van der Waals surface area contributed by atoms with E-state index in [2.05, 4.69) is 4.98 Å². The van der Waals surface area contributed by atoms with Crippen LogP contribution in [0.4, 0.5) is 4.39 Å². The molecule has 2 unspecified atom stereocenters. The number of hydrogen-bond donors (Lipinski definition) is 1. The molecule has 184 valence electrons. The highest BCUT2D eigenvalue weighted by Gasteiger charge is 2.27. The Bertz CT molecular complexity index is 1070. The number of carbonyl (C=O) groups excluding carboxylic acids is 1. The summed E-state index contributed by atoms with van der Waals surface area (Å²) in [5.74, 6) is -0.837. The molecule has 1 aliphatic carbocycles. The fraction of sp³-hybridized carbons (Fsp3) is 0.481. The van der Waals surface area contributed by atoms with E-state index in [1.807, 2.05) is 63.5 Å². The van der Waals surface area contributed by atoms with Crippen molar-refractivity contribution >= 4 is 11.5 Å². The van der Waals surface area contributed by atoms with E-state index in [0.717, 1.165) is 24.2 Å². The van der Waals surface area contributed by atoms with Crippen molar-refractivity contribution in [2.75, 3.05) is 6.61 Å². The Labute approximate surface area is 201 Å². The second-order valence-electron chi connectivity index (χ2n) is 9.44. The zero-order valence-corrected chi connectivity index (χ0v) is 20.8. The first-order valence-corrected chi connectivity index (χ1v) is 12.0. The lowest BCUT2D eigenvalue weighted by Crippen LogP contribution is -2.25. The Morgan fingerprint density at radius 1 is 1.24 bits per heavy atom. The second kappa shape index (κ2) is 11.0. The normalized spacial score (nSPS) is 18.0. The number of carbonyl (C=O) groups is 1. The average Bonchev–Trinajstić information content (AvgIpc) is 3.14. The topological polar surface area (TPSA) is 79.4 Å². The van der Waals surface area contributed by atoms with E-state index in [1.54, 1.807) is 18.2 Å². The molecule has 0 saturated heterocycles. The first kappa shape index (κ1) is 25.7. The molecule has 7 heteroatoms. The van der Waals surface area contributed by atoms with Gasteiger partial charge in [-0.05, 0) is 56.9 Å². The van der Waals surface area contributed by atoms with Gasteiger partial charge in [0.05, 0.1) is 23.6 Å². The van der Waals surface area contributed by atoms with Crippen LogP contribution in [0.3, 0.4) is 0 Å². The standard InChI is InChI=1S/C27H36FN3O3/c1-6-14-33-26-30-23(7-2)24(16-29)31(26)17-19-13-12-18(15-22(19)28)20-10-8-9-11-21(20)25(32)34-27(3,4)5/h8-13,15,19,22H,6-7,14,16-17,29H2,1-5H3. The maximum absolute atomic E-state index is 15.4. The van der Waals surface area contributed by atoms with E-state index < -0.39 is 23.7 Å². The Morgan fingerprint density at radius 2 is 1.97 bits per heavy atom. The van der Waals surface area contributed by atoms with Crippen LogP contribution in [0.15, 0.2) is 42.5 Å². The molecule has 3 rings (SSSR count). The third kappa shape index (κ3) is 5.95. The van der Waals surface area contributed by atoms with Crippen molar-refractivity contribution in [3.63, 3.8) is 0 Å². The summed E-state index contributed by atoms with van der Waals surface area (Å²) >= 11 is 0. The molecule has 0 saturated carbocycles. The molecule has 0 spiro atoms.